The molecule has 0 aromatic heterocycles. The monoisotopic (exact) mass is 487 g/mol. The van der Waals surface area contributed by atoms with Gasteiger partial charge in [0.15, 0.2) is 0 Å². The van der Waals surface area contributed by atoms with Gasteiger partial charge in [0.2, 0.25) is 0 Å². The largest absolute Gasteiger partial charge is 0.481 e. The molecule has 10 N–H and O–H groups in total. The molecule has 33 heavy (non-hydrogen) atoms. The molecule has 0 aliphatic rings. The number of methoxy groups -OCH3 is 1. The lowest BCUT2D eigenvalue weighted by Crippen LogP contribution is -2.43. The van der Waals surface area contributed by atoms with Crippen molar-refractivity contribution >= 4 is 17.9 Å². The highest BCUT2D eigenvalue weighted by Gasteiger charge is 2.32. The van der Waals surface area contributed by atoms with Gasteiger partial charge in [-0.3, -0.25) is 9.59 Å². The molecule has 0 heterocycles. The Kier molecular flexibility index (Phi) is 21.9. The van der Waals surface area contributed by atoms with Crippen LogP contribution >= 0.6 is 0 Å². The number of carboxylic acids is 2. The molecular weight excluding hydrogens is 450 g/mol. The molecule has 0 radical (unpaired) electrons. The molecule has 14 heteroatoms. The van der Waals surface area contributed by atoms with Gasteiger partial charge in [-0.2, -0.15) is 0 Å². The van der Waals surface area contributed by atoms with E-state index in [1.54, 1.807) is 0 Å². The minimum Gasteiger partial charge on any atom is -0.481 e. The topological polar surface area (TPSA) is 258 Å². The molecule has 0 aromatic rings. The van der Waals surface area contributed by atoms with Crippen molar-refractivity contribution in [1.82, 2.24) is 0 Å². The summed E-state index contributed by atoms with van der Waals surface area (Å²) in [6.07, 6.45) is 0.887. The average molecular weight is 487 g/mol. The van der Waals surface area contributed by atoms with Crippen LogP contribution in [0.2, 0.25) is 0 Å². The molecule has 0 rings (SSSR count). The number of ether oxygens (including phenoxy) is 2. The third kappa shape index (κ3) is 17.0. The SMILES string of the molecule is C=CC(=O)OC.NC(CCC(=O)O)C(=O)O.OCC(CO)(CO)COCC(CO)(CO)CO. The Bertz CT molecular complexity index is 511. The molecule has 0 saturated carbocycles. The van der Waals surface area contributed by atoms with Crippen molar-refractivity contribution in [1.29, 1.82) is 0 Å². The molecule has 1 unspecified atom stereocenters. The van der Waals surface area contributed by atoms with E-state index in [4.69, 9.17) is 51.3 Å². The van der Waals surface area contributed by atoms with E-state index in [1.807, 2.05) is 0 Å². The molecular formula is C19H37NO13. The lowest BCUT2D eigenvalue weighted by molar-refractivity contribution is -0.140. The summed E-state index contributed by atoms with van der Waals surface area (Å²) in [6, 6.07) is -1.06. The smallest absolute Gasteiger partial charge is 0.329 e. The van der Waals surface area contributed by atoms with Gasteiger partial charge < -0.3 is 56.1 Å². The van der Waals surface area contributed by atoms with Gasteiger partial charge >= 0.3 is 17.9 Å². The summed E-state index contributed by atoms with van der Waals surface area (Å²) < 4.78 is 9.29. The number of carbonyl (C=O) groups excluding carboxylic acids is 1. The van der Waals surface area contributed by atoms with Crippen molar-refractivity contribution in [2.75, 3.05) is 60.0 Å². The summed E-state index contributed by atoms with van der Waals surface area (Å²) in [5.74, 6) is -2.59. The molecule has 0 aliphatic heterocycles. The third-order valence-corrected chi connectivity index (χ3v) is 4.18. The second-order valence-electron chi connectivity index (χ2n) is 7.05. The van der Waals surface area contributed by atoms with Gasteiger partial charge in [-0.1, -0.05) is 6.58 Å². The first-order valence-corrected chi connectivity index (χ1v) is 9.56. The molecule has 0 saturated heterocycles. The van der Waals surface area contributed by atoms with Gasteiger partial charge in [0.05, 0.1) is 70.8 Å². The molecule has 0 aromatic carbocycles. The number of esters is 1. The normalized spacial score (nSPS) is 11.8. The Balaban J connectivity index is -0.000000473. The molecule has 14 nitrogen and oxygen atoms in total. The number of aliphatic hydroxyl groups is 6. The number of aliphatic hydroxyl groups excluding tert-OH is 6. The predicted molar refractivity (Wildman–Crippen MR) is 113 cm³/mol. The van der Waals surface area contributed by atoms with Gasteiger partial charge in [-0.05, 0) is 6.42 Å². The van der Waals surface area contributed by atoms with E-state index in [-0.39, 0.29) is 26.1 Å². The summed E-state index contributed by atoms with van der Waals surface area (Å²) in [4.78, 5) is 29.7. The second kappa shape index (κ2) is 20.4. The first-order chi connectivity index (χ1) is 15.4. The van der Waals surface area contributed by atoms with Crippen LogP contribution in [-0.2, 0) is 23.9 Å². The zero-order chi connectivity index (χ0) is 26.5. The Labute approximate surface area is 191 Å². The molecule has 196 valence electrons. The van der Waals surface area contributed by atoms with Gasteiger partial charge in [-0.25, -0.2) is 4.79 Å². The number of carboxylic acid groups (broad SMARTS) is 2. The fourth-order valence-corrected chi connectivity index (χ4v) is 1.54. The zero-order valence-corrected chi connectivity index (χ0v) is 18.6. The number of hydrogen-bond acceptors (Lipinski definition) is 12. The fourth-order valence-electron chi connectivity index (χ4n) is 1.54. The second-order valence-corrected chi connectivity index (χ2v) is 7.05. The molecule has 0 amide bonds. The average Bonchev–Trinajstić information content (AvgIpc) is 2.83. The summed E-state index contributed by atoms with van der Waals surface area (Å²) in [5, 5.41) is 70.4. The first-order valence-electron chi connectivity index (χ1n) is 9.56. The zero-order valence-electron chi connectivity index (χ0n) is 18.6. The fraction of sp³-hybridized carbons (Fsp3) is 0.737. The van der Waals surface area contributed by atoms with Crippen LogP contribution in [0.25, 0.3) is 0 Å². The lowest BCUT2D eigenvalue weighted by atomic mass is 9.91. The van der Waals surface area contributed by atoms with E-state index in [1.165, 1.54) is 7.11 Å². The van der Waals surface area contributed by atoms with E-state index in [9.17, 15) is 14.4 Å². The highest BCUT2D eigenvalue weighted by atomic mass is 16.5. The van der Waals surface area contributed by atoms with Gasteiger partial charge in [0.1, 0.15) is 6.04 Å². The molecule has 0 bridgehead atoms. The van der Waals surface area contributed by atoms with Crippen LogP contribution < -0.4 is 5.73 Å². The third-order valence-electron chi connectivity index (χ3n) is 4.18. The molecule has 0 spiro atoms. The number of nitrogens with two attached hydrogens (primary N) is 1. The molecule has 0 aliphatic carbocycles. The Hall–Kier alpha value is -2.17. The Morgan fingerprint density at radius 3 is 1.42 bits per heavy atom. The van der Waals surface area contributed by atoms with Gasteiger partial charge in [0, 0.05) is 12.5 Å². The van der Waals surface area contributed by atoms with Crippen molar-refractivity contribution in [3.8, 4) is 0 Å². The lowest BCUT2D eigenvalue weighted by Gasteiger charge is -2.31. The van der Waals surface area contributed by atoms with Crippen LogP contribution in [-0.4, -0.2) is 125 Å². The van der Waals surface area contributed by atoms with Gasteiger partial charge in [-0.15, -0.1) is 0 Å². The van der Waals surface area contributed by atoms with Crippen molar-refractivity contribution < 1.29 is 64.7 Å². The van der Waals surface area contributed by atoms with Gasteiger partial charge in [0.25, 0.3) is 0 Å². The van der Waals surface area contributed by atoms with E-state index >= 15 is 0 Å². The molecule has 0 fully saturated rings. The highest BCUT2D eigenvalue weighted by molar-refractivity contribution is 5.80. The van der Waals surface area contributed by atoms with Crippen LogP contribution in [0.5, 0.6) is 0 Å². The number of hydrogen-bond donors (Lipinski definition) is 9. The summed E-state index contributed by atoms with van der Waals surface area (Å²) in [5.41, 5.74) is 2.68. The predicted octanol–water partition coefficient (Wildman–Crippen LogP) is -3.46. The number of aliphatic carboxylic acids is 2. The summed E-state index contributed by atoms with van der Waals surface area (Å²) >= 11 is 0. The van der Waals surface area contributed by atoms with Crippen LogP contribution in [0.15, 0.2) is 12.7 Å². The van der Waals surface area contributed by atoms with E-state index in [0.29, 0.717) is 0 Å². The number of rotatable bonds is 15. The molecule has 1 atom stereocenters. The van der Waals surface area contributed by atoms with Crippen LogP contribution in [0.1, 0.15) is 12.8 Å². The van der Waals surface area contributed by atoms with Crippen molar-refractivity contribution in [2.45, 2.75) is 18.9 Å². The Morgan fingerprint density at radius 2 is 1.24 bits per heavy atom. The minimum atomic E-state index is -1.17. The summed E-state index contributed by atoms with van der Waals surface area (Å²) in [7, 11) is 1.31. The van der Waals surface area contributed by atoms with E-state index in [2.05, 4.69) is 11.3 Å². The Morgan fingerprint density at radius 1 is 0.879 bits per heavy atom. The van der Waals surface area contributed by atoms with Crippen molar-refractivity contribution in [3.05, 3.63) is 12.7 Å². The maximum absolute atomic E-state index is 9.99. The quantitative estimate of drug-likeness (QED) is 0.0803. The maximum atomic E-state index is 9.99. The van der Waals surface area contributed by atoms with Crippen LogP contribution in [0, 0.1) is 10.8 Å². The number of carbonyl (C=O) groups is 3. The maximum Gasteiger partial charge on any atom is 0.329 e. The van der Waals surface area contributed by atoms with Crippen molar-refractivity contribution in [2.24, 2.45) is 16.6 Å². The highest BCUT2D eigenvalue weighted by Crippen LogP contribution is 2.19. The van der Waals surface area contributed by atoms with E-state index in [0.717, 1.165) is 6.08 Å². The van der Waals surface area contributed by atoms with E-state index < -0.39 is 74.4 Å². The summed E-state index contributed by atoms with van der Waals surface area (Å²) in [6.45, 7) is 0.152. The van der Waals surface area contributed by atoms with Crippen molar-refractivity contribution in [3.63, 3.8) is 0 Å². The minimum absolute atomic E-state index is 0.0231. The first kappa shape index (κ1) is 35.4. The standard InChI is InChI=1S/C10H22O7.C5H9NO4.C4H6O2/c11-1-9(2-12,3-13)7-17-8-10(4-14,5-15)6-16;6-3(5(9)10)1-2-4(7)8;1-3-4(5)6-2/h11-16H,1-8H2;3H,1-2,6H2,(H,7,8)(H,9,10);3H,1H2,2H3. The van der Waals surface area contributed by atoms with Crippen LogP contribution in [0.4, 0.5) is 0 Å². The van der Waals surface area contributed by atoms with Crippen LogP contribution in [0.3, 0.4) is 0 Å².